The molecule has 2 aromatic rings. The van der Waals surface area contributed by atoms with E-state index in [9.17, 15) is 0 Å². The molecule has 0 heterocycles. The molecule has 0 aromatic heterocycles. The summed E-state index contributed by atoms with van der Waals surface area (Å²) in [5.74, 6) is 0. The zero-order valence-electron chi connectivity index (χ0n) is 8.55. The van der Waals surface area contributed by atoms with E-state index in [4.69, 9.17) is 28.5 Å². The second-order valence-corrected chi connectivity index (χ2v) is 5.38. The molecule has 0 aliphatic rings. The van der Waals surface area contributed by atoms with Gasteiger partial charge in [-0.25, -0.2) is 0 Å². The third kappa shape index (κ3) is 2.57. The molecular formula is C13H6Cl2IN. The van der Waals surface area contributed by atoms with Gasteiger partial charge < -0.3 is 0 Å². The van der Waals surface area contributed by atoms with Crippen LogP contribution in [0.15, 0.2) is 36.4 Å². The Kier molecular flexibility index (Phi) is 3.93. The van der Waals surface area contributed by atoms with E-state index in [1.165, 1.54) is 0 Å². The summed E-state index contributed by atoms with van der Waals surface area (Å²) >= 11 is 14.1. The molecule has 0 spiro atoms. The van der Waals surface area contributed by atoms with Gasteiger partial charge in [0.1, 0.15) is 0 Å². The van der Waals surface area contributed by atoms with E-state index in [-0.39, 0.29) is 0 Å². The smallest absolute Gasteiger partial charge is 0.0998 e. The lowest BCUT2D eigenvalue weighted by Gasteiger charge is -2.08. The van der Waals surface area contributed by atoms with E-state index in [0.29, 0.717) is 15.6 Å². The van der Waals surface area contributed by atoms with Crippen molar-refractivity contribution in [1.29, 1.82) is 5.26 Å². The minimum absolute atomic E-state index is 0.495. The van der Waals surface area contributed by atoms with Crippen molar-refractivity contribution in [2.75, 3.05) is 0 Å². The van der Waals surface area contributed by atoms with Gasteiger partial charge in [0.25, 0.3) is 0 Å². The van der Waals surface area contributed by atoms with Gasteiger partial charge in [0.2, 0.25) is 0 Å². The molecule has 0 atom stereocenters. The highest BCUT2D eigenvalue weighted by molar-refractivity contribution is 14.1. The van der Waals surface area contributed by atoms with Crippen LogP contribution in [0.4, 0.5) is 0 Å². The summed E-state index contributed by atoms with van der Waals surface area (Å²) in [6, 6.07) is 13.2. The molecule has 17 heavy (non-hydrogen) atoms. The van der Waals surface area contributed by atoms with Gasteiger partial charge in [-0.2, -0.15) is 5.26 Å². The molecule has 2 aromatic carbocycles. The van der Waals surface area contributed by atoms with Crippen molar-refractivity contribution in [3.63, 3.8) is 0 Å². The molecule has 0 radical (unpaired) electrons. The Hall–Kier alpha value is -0.760. The zero-order valence-corrected chi connectivity index (χ0v) is 12.2. The maximum atomic E-state index is 9.08. The van der Waals surface area contributed by atoms with Crippen molar-refractivity contribution in [1.82, 2.24) is 0 Å². The molecule has 0 unspecified atom stereocenters. The summed E-state index contributed by atoms with van der Waals surface area (Å²) in [5, 5.41) is 10.1. The highest BCUT2D eigenvalue weighted by Crippen LogP contribution is 2.34. The van der Waals surface area contributed by atoms with Crippen LogP contribution in [-0.2, 0) is 0 Å². The Labute approximate surface area is 123 Å². The number of benzene rings is 2. The van der Waals surface area contributed by atoms with Crippen molar-refractivity contribution < 1.29 is 0 Å². The molecule has 4 heteroatoms. The Bertz CT molecular complexity index is 617. The molecule has 0 fully saturated rings. The molecule has 0 saturated heterocycles. The van der Waals surface area contributed by atoms with E-state index >= 15 is 0 Å². The molecule has 0 aliphatic heterocycles. The van der Waals surface area contributed by atoms with Crippen LogP contribution in [-0.4, -0.2) is 0 Å². The van der Waals surface area contributed by atoms with Crippen molar-refractivity contribution in [2.24, 2.45) is 0 Å². The number of nitrogens with zero attached hydrogens (tertiary/aromatic N) is 1. The minimum atomic E-state index is 0.495. The first-order valence-electron chi connectivity index (χ1n) is 4.77. The van der Waals surface area contributed by atoms with Gasteiger partial charge in [-0.1, -0.05) is 41.4 Å². The van der Waals surface area contributed by atoms with Gasteiger partial charge in [-0.15, -0.1) is 0 Å². The molecule has 0 bridgehead atoms. The van der Waals surface area contributed by atoms with E-state index in [0.717, 1.165) is 14.7 Å². The molecule has 0 aliphatic carbocycles. The maximum absolute atomic E-state index is 9.08. The van der Waals surface area contributed by atoms with Crippen molar-refractivity contribution >= 4 is 45.8 Å². The van der Waals surface area contributed by atoms with Crippen LogP contribution in [0, 0.1) is 14.9 Å². The van der Waals surface area contributed by atoms with Crippen molar-refractivity contribution in [2.45, 2.75) is 0 Å². The first-order valence-corrected chi connectivity index (χ1v) is 6.61. The quantitative estimate of drug-likeness (QED) is 0.501. The summed E-state index contributed by atoms with van der Waals surface area (Å²) in [7, 11) is 0. The van der Waals surface area contributed by atoms with Gasteiger partial charge in [0.15, 0.2) is 0 Å². The lowest BCUT2D eigenvalue weighted by molar-refractivity contribution is 1.47. The fraction of sp³-hybridized carbons (Fsp3) is 0. The van der Waals surface area contributed by atoms with E-state index < -0.39 is 0 Å². The van der Waals surface area contributed by atoms with Gasteiger partial charge in [-0.3, -0.25) is 0 Å². The second-order valence-electron chi connectivity index (χ2n) is 3.40. The first kappa shape index (κ1) is 12.7. The Morgan fingerprint density at radius 1 is 1.00 bits per heavy atom. The zero-order chi connectivity index (χ0) is 12.4. The Morgan fingerprint density at radius 3 is 2.35 bits per heavy atom. The summed E-state index contributed by atoms with van der Waals surface area (Å²) in [5.41, 5.74) is 2.43. The van der Waals surface area contributed by atoms with Gasteiger partial charge >= 0.3 is 0 Å². The summed E-state index contributed by atoms with van der Waals surface area (Å²) in [4.78, 5) is 0. The fourth-order valence-electron chi connectivity index (χ4n) is 1.54. The average Bonchev–Trinajstić information content (AvgIpc) is 2.34. The predicted molar refractivity (Wildman–Crippen MR) is 79.3 cm³/mol. The average molecular weight is 374 g/mol. The van der Waals surface area contributed by atoms with E-state index in [1.807, 2.05) is 18.2 Å². The van der Waals surface area contributed by atoms with Crippen LogP contribution < -0.4 is 0 Å². The fourth-order valence-corrected chi connectivity index (χ4v) is 2.81. The number of nitriles is 1. The molecule has 0 N–H and O–H groups in total. The molecule has 1 nitrogen and oxygen atoms in total. The maximum Gasteiger partial charge on any atom is 0.0998 e. The topological polar surface area (TPSA) is 23.8 Å². The Morgan fingerprint density at radius 2 is 1.65 bits per heavy atom. The normalized spacial score (nSPS) is 10.0. The monoisotopic (exact) mass is 373 g/mol. The second kappa shape index (κ2) is 5.26. The van der Waals surface area contributed by atoms with Gasteiger partial charge in [0.05, 0.1) is 21.7 Å². The SMILES string of the molecule is N#Cc1ccccc1-c1cc(Cl)c(Cl)cc1I. The van der Waals surface area contributed by atoms with Crippen LogP contribution in [0.5, 0.6) is 0 Å². The van der Waals surface area contributed by atoms with E-state index in [1.54, 1.807) is 18.2 Å². The largest absolute Gasteiger partial charge is 0.192 e. The van der Waals surface area contributed by atoms with Crippen LogP contribution >= 0.6 is 45.8 Å². The highest BCUT2D eigenvalue weighted by atomic mass is 127. The molecule has 84 valence electrons. The van der Waals surface area contributed by atoms with Gasteiger partial charge in [0, 0.05) is 9.13 Å². The molecule has 0 saturated carbocycles. The lowest BCUT2D eigenvalue weighted by atomic mass is 10.0. The molecule has 0 amide bonds. The van der Waals surface area contributed by atoms with E-state index in [2.05, 4.69) is 28.7 Å². The summed E-state index contributed by atoms with van der Waals surface area (Å²) in [6.07, 6.45) is 0. The molecule has 2 rings (SSSR count). The lowest BCUT2D eigenvalue weighted by Crippen LogP contribution is -1.88. The van der Waals surface area contributed by atoms with Crippen LogP contribution in [0.2, 0.25) is 10.0 Å². The third-order valence-corrected chi connectivity index (χ3v) is 3.96. The molecular weight excluding hydrogens is 368 g/mol. The van der Waals surface area contributed by atoms with Crippen LogP contribution in [0.3, 0.4) is 0 Å². The highest BCUT2D eigenvalue weighted by Gasteiger charge is 2.10. The standard InChI is InChI=1S/C13H6Cl2IN/c14-11-5-10(13(16)6-12(11)15)9-4-2-1-3-8(9)7-17/h1-6H. The first-order chi connectivity index (χ1) is 8.13. The van der Waals surface area contributed by atoms with Crippen molar-refractivity contribution in [3.05, 3.63) is 55.6 Å². The minimum Gasteiger partial charge on any atom is -0.192 e. The number of hydrogen-bond acceptors (Lipinski definition) is 1. The van der Waals surface area contributed by atoms with Crippen LogP contribution in [0.1, 0.15) is 5.56 Å². The summed E-state index contributed by atoms with van der Waals surface area (Å²) < 4.78 is 0.972. The van der Waals surface area contributed by atoms with Gasteiger partial charge in [-0.05, 0) is 46.4 Å². The van der Waals surface area contributed by atoms with Crippen LogP contribution in [0.25, 0.3) is 11.1 Å². The predicted octanol–water partition coefficient (Wildman–Crippen LogP) is 5.14. The summed E-state index contributed by atoms with van der Waals surface area (Å²) in [6.45, 7) is 0. The third-order valence-electron chi connectivity index (χ3n) is 2.35. The Balaban J connectivity index is 2.69. The number of hydrogen-bond donors (Lipinski definition) is 0. The number of rotatable bonds is 1. The van der Waals surface area contributed by atoms with Crippen molar-refractivity contribution in [3.8, 4) is 17.2 Å². The number of halogens is 3.